The van der Waals surface area contributed by atoms with Gasteiger partial charge < -0.3 is 4.74 Å². The number of benzene rings is 3. The molecule has 33 heavy (non-hydrogen) atoms. The Hall–Kier alpha value is -4.52. The lowest BCUT2D eigenvalue weighted by Crippen LogP contribution is -2.17. The molecule has 4 aromatic rings. The molecule has 0 spiro atoms. The van der Waals surface area contributed by atoms with Gasteiger partial charge in [-0.25, -0.2) is 10.1 Å². The summed E-state index contributed by atoms with van der Waals surface area (Å²) in [6.45, 7) is 3.33. The number of carbonyl (C=O) groups excluding carboxylic acids is 2. The largest absolute Gasteiger partial charge is 0.427 e. The highest BCUT2D eigenvalue weighted by Gasteiger charge is 2.12. The van der Waals surface area contributed by atoms with Crippen molar-refractivity contribution in [1.29, 1.82) is 0 Å². The van der Waals surface area contributed by atoms with E-state index in [0.29, 0.717) is 11.3 Å². The molecule has 7 nitrogen and oxygen atoms in total. The number of nitrogens with one attached hydrogen (secondary N) is 1. The molecule has 0 bridgehead atoms. The fourth-order valence-electron chi connectivity index (χ4n) is 3.22. The van der Waals surface area contributed by atoms with Crippen molar-refractivity contribution in [2.75, 3.05) is 0 Å². The van der Waals surface area contributed by atoms with Gasteiger partial charge >= 0.3 is 5.97 Å². The highest BCUT2D eigenvalue weighted by Crippen LogP contribution is 2.23. The van der Waals surface area contributed by atoms with E-state index < -0.39 is 11.9 Å². The monoisotopic (exact) mass is 438 g/mol. The maximum absolute atomic E-state index is 12.5. The molecule has 0 saturated heterocycles. The molecule has 1 heterocycles. The summed E-state index contributed by atoms with van der Waals surface area (Å²) in [5, 5.41) is 8.87. The normalized spacial score (nSPS) is 10.8. The second-order valence-corrected chi connectivity index (χ2v) is 7.40. The first-order chi connectivity index (χ1) is 16.0. The van der Waals surface area contributed by atoms with Gasteiger partial charge in [0.15, 0.2) is 0 Å². The Morgan fingerprint density at radius 2 is 1.76 bits per heavy atom. The Bertz CT molecular complexity index is 1310. The van der Waals surface area contributed by atoms with Gasteiger partial charge in [-0.15, -0.1) is 0 Å². The van der Waals surface area contributed by atoms with Crippen LogP contribution in [0.5, 0.6) is 5.75 Å². The highest BCUT2D eigenvalue weighted by molar-refractivity contribution is 5.96. The van der Waals surface area contributed by atoms with Crippen LogP contribution in [0.4, 0.5) is 0 Å². The lowest BCUT2D eigenvalue weighted by molar-refractivity contribution is -0.131. The number of nitrogens with zero attached hydrogens (tertiary/aromatic N) is 3. The highest BCUT2D eigenvalue weighted by atomic mass is 16.5. The Kier molecular flexibility index (Phi) is 6.40. The number of hydrogen-bond acceptors (Lipinski definition) is 5. The lowest BCUT2D eigenvalue weighted by atomic mass is 10.1. The van der Waals surface area contributed by atoms with Crippen molar-refractivity contribution in [3.05, 3.63) is 102 Å². The number of esters is 1. The molecule has 4 rings (SSSR count). The molecule has 0 aliphatic carbocycles. The van der Waals surface area contributed by atoms with Crippen molar-refractivity contribution in [2.24, 2.45) is 5.10 Å². The van der Waals surface area contributed by atoms with Crippen molar-refractivity contribution >= 4 is 18.1 Å². The zero-order valence-corrected chi connectivity index (χ0v) is 18.2. The van der Waals surface area contributed by atoms with Gasteiger partial charge in [-0.2, -0.15) is 10.2 Å². The predicted octanol–water partition coefficient (Wildman–Crippen LogP) is 4.54. The van der Waals surface area contributed by atoms with Crippen LogP contribution in [0.1, 0.15) is 28.4 Å². The Morgan fingerprint density at radius 1 is 1.00 bits per heavy atom. The third kappa shape index (κ3) is 5.40. The van der Waals surface area contributed by atoms with Gasteiger partial charge in [-0.3, -0.25) is 9.59 Å². The number of aryl methyl sites for hydroxylation is 1. The van der Waals surface area contributed by atoms with Crippen LogP contribution in [-0.2, 0) is 4.79 Å². The number of aromatic nitrogens is 2. The number of hydrazone groups is 1. The second-order valence-electron chi connectivity index (χ2n) is 7.40. The lowest BCUT2D eigenvalue weighted by Gasteiger charge is -2.04. The van der Waals surface area contributed by atoms with Crippen LogP contribution in [0.25, 0.3) is 16.9 Å². The zero-order chi connectivity index (χ0) is 23.2. The molecule has 1 N–H and O–H groups in total. The van der Waals surface area contributed by atoms with Crippen molar-refractivity contribution in [3.63, 3.8) is 0 Å². The minimum absolute atomic E-state index is 0.296. The maximum Gasteiger partial charge on any atom is 0.308 e. The Labute approximate surface area is 191 Å². The summed E-state index contributed by atoms with van der Waals surface area (Å²) in [5.74, 6) is -0.581. The van der Waals surface area contributed by atoms with Crippen LogP contribution in [-0.4, -0.2) is 27.9 Å². The fourth-order valence-corrected chi connectivity index (χ4v) is 3.22. The molecule has 0 aliphatic rings. The third-order valence-electron chi connectivity index (χ3n) is 4.82. The van der Waals surface area contributed by atoms with E-state index in [1.54, 1.807) is 29.1 Å². The molecule has 0 radical (unpaired) electrons. The average molecular weight is 438 g/mol. The Morgan fingerprint density at radius 3 is 2.48 bits per heavy atom. The first-order valence-electron chi connectivity index (χ1n) is 10.3. The van der Waals surface area contributed by atoms with E-state index in [9.17, 15) is 9.59 Å². The molecule has 1 amide bonds. The van der Waals surface area contributed by atoms with Gasteiger partial charge in [0.1, 0.15) is 11.4 Å². The van der Waals surface area contributed by atoms with Crippen molar-refractivity contribution in [2.45, 2.75) is 13.8 Å². The van der Waals surface area contributed by atoms with E-state index in [2.05, 4.69) is 10.5 Å². The van der Waals surface area contributed by atoms with Gasteiger partial charge in [-0.05, 0) is 37.3 Å². The summed E-state index contributed by atoms with van der Waals surface area (Å²) in [4.78, 5) is 23.6. The minimum Gasteiger partial charge on any atom is -0.427 e. The second kappa shape index (κ2) is 9.74. The molecule has 164 valence electrons. The summed E-state index contributed by atoms with van der Waals surface area (Å²) in [5.41, 5.74) is 7.34. The summed E-state index contributed by atoms with van der Waals surface area (Å²) in [6, 6.07) is 24.2. The molecule has 0 atom stereocenters. The van der Waals surface area contributed by atoms with Crippen LogP contribution >= 0.6 is 0 Å². The van der Waals surface area contributed by atoms with E-state index in [-0.39, 0.29) is 0 Å². The topological polar surface area (TPSA) is 85.6 Å². The minimum atomic E-state index is -0.454. The first-order valence-corrected chi connectivity index (χ1v) is 10.3. The van der Waals surface area contributed by atoms with Gasteiger partial charge in [0.05, 0.1) is 11.9 Å². The van der Waals surface area contributed by atoms with Crippen molar-refractivity contribution < 1.29 is 14.3 Å². The molecule has 0 aliphatic heterocycles. The van der Waals surface area contributed by atoms with E-state index in [1.807, 2.05) is 67.7 Å². The standard InChI is InChI=1S/C26H22N4O3/c1-18-11-13-20(14-12-18)25-22(17-30(29-25)23-8-4-3-5-9-23)16-27-28-26(32)21-7-6-10-24(15-21)33-19(2)31/h3-17H,1-2H3,(H,28,32)/b27-16-. The van der Waals surface area contributed by atoms with Crippen LogP contribution < -0.4 is 10.2 Å². The number of rotatable bonds is 6. The number of carbonyl (C=O) groups is 2. The van der Waals surface area contributed by atoms with Crippen molar-refractivity contribution in [3.8, 4) is 22.7 Å². The maximum atomic E-state index is 12.5. The number of ether oxygens (including phenoxy) is 1. The van der Waals surface area contributed by atoms with E-state index in [1.165, 1.54) is 13.0 Å². The summed E-state index contributed by atoms with van der Waals surface area (Å²) >= 11 is 0. The van der Waals surface area contributed by atoms with Crippen LogP contribution in [0.3, 0.4) is 0 Å². The molecule has 0 fully saturated rings. The molecule has 0 saturated carbocycles. The van der Waals surface area contributed by atoms with Gasteiger partial charge in [0.25, 0.3) is 5.91 Å². The summed E-state index contributed by atoms with van der Waals surface area (Å²) < 4.78 is 6.81. The fraction of sp³-hybridized carbons (Fsp3) is 0.0769. The predicted molar refractivity (Wildman–Crippen MR) is 127 cm³/mol. The quantitative estimate of drug-likeness (QED) is 0.207. The number of para-hydroxylation sites is 1. The summed E-state index contributed by atoms with van der Waals surface area (Å²) in [6.07, 6.45) is 3.43. The molecule has 7 heteroatoms. The van der Waals surface area contributed by atoms with Crippen molar-refractivity contribution in [1.82, 2.24) is 15.2 Å². The molecule has 0 unspecified atom stereocenters. The number of amides is 1. The van der Waals surface area contributed by atoms with Gasteiger partial charge in [0.2, 0.25) is 0 Å². The first kappa shape index (κ1) is 21.7. The van der Waals surface area contributed by atoms with Crippen LogP contribution in [0, 0.1) is 6.92 Å². The smallest absolute Gasteiger partial charge is 0.308 e. The van der Waals surface area contributed by atoms with E-state index in [0.717, 1.165) is 28.1 Å². The molecular formula is C26H22N4O3. The SMILES string of the molecule is CC(=O)Oc1cccc(C(=O)N/N=C\c2cn(-c3ccccc3)nc2-c2ccc(C)cc2)c1. The molecular weight excluding hydrogens is 416 g/mol. The van der Waals surface area contributed by atoms with Crippen LogP contribution in [0.15, 0.2) is 90.2 Å². The Balaban J connectivity index is 1.59. The summed E-state index contributed by atoms with van der Waals surface area (Å²) in [7, 11) is 0. The zero-order valence-electron chi connectivity index (χ0n) is 18.2. The van der Waals surface area contributed by atoms with E-state index in [4.69, 9.17) is 9.84 Å². The molecule has 1 aromatic heterocycles. The molecule has 3 aromatic carbocycles. The van der Waals surface area contributed by atoms with E-state index >= 15 is 0 Å². The van der Waals surface area contributed by atoms with Crippen LogP contribution in [0.2, 0.25) is 0 Å². The average Bonchev–Trinajstić information content (AvgIpc) is 3.24. The number of hydrogen-bond donors (Lipinski definition) is 1. The van der Waals surface area contributed by atoms with Gasteiger partial charge in [-0.1, -0.05) is 54.1 Å². The third-order valence-corrected chi connectivity index (χ3v) is 4.82. The van der Waals surface area contributed by atoms with Gasteiger partial charge in [0, 0.05) is 29.8 Å².